The highest BCUT2D eigenvalue weighted by Gasteiger charge is 2.45. The Morgan fingerprint density at radius 2 is 2.28 bits per heavy atom. The van der Waals surface area contributed by atoms with Gasteiger partial charge in [-0.15, -0.1) is 0 Å². The van der Waals surface area contributed by atoms with Crippen LogP contribution in [0.25, 0.3) is 0 Å². The number of amides is 1. The van der Waals surface area contributed by atoms with Crippen molar-refractivity contribution in [2.45, 2.75) is 40.0 Å². The molecule has 1 saturated carbocycles. The molecule has 0 aromatic heterocycles. The van der Waals surface area contributed by atoms with Crippen molar-refractivity contribution in [3.05, 3.63) is 24.4 Å². The van der Waals surface area contributed by atoms with Crippen LogP contribution in [0.4, 0.5) is 0 Å². The van der Waals surface area contributed by atoms with Gasteiger partial charge in [-0.3, -0.25) is 4.79 Å². The molecule has 0 heterocycles. The first-order valence-corrected chi connectivity index (χ1v) is 7.10. The highest BCUT2D eigenvalue weighted by Crippen LogP contribution is 2.51. The number of carbonyl (C=O) groups excluding carboxylic acids is 1. The smallest absolute Gasteiger partial charge is 0.223 e. The molecule has 3 unspecified atom stereocenters. The predicted octanol–water partition coefficient (Wildman–Crippen LogP) is 3.61. The van der Waals surface area contributed by atoms with Crippen LogP contribution in [-0.4, -0.2) is 17.4 Å². The Hall–Kier alpha value is -1.05. The second kappa shape index (κ2) is 5.29. The van der Waals surface area contributed by atoms with Crippen LogP contribution in [-0.2, 0) is 4.79 Å². The Kier molecular flexibility index (Phi) is 3.94. The Labute approximate surface area is 111 Å². The van der Waals surface area contributed by atoms with Gasteiger partial charge in [0, 0.05) is 13.5 Å². The molecule has 2 nitrogen and oxygen atoms in total. The highest BCUT2D eigenvalue weighted by molar-refractivity contribution is 5.74. The van der Waals surface area contributed by atoms with Gasteiger partial charge in [-0.25, -0.2) is 0 Å². The third-order valence-corrected chi connectivity index (χ3v) is 4.68. The maximum absolute atomic E-state index is 11.4. The molecule has 0 N–H and O–H groups in total. The molecule has 2 aliphatic carbocycles. The van der Waals surface area contributed by atoms with Gasteiger partial charge in [0.2, 0.25) is 5.91 Å². The summed E-state index contributed by atoms with van der Waals surface area (Å²) in [7, 11) is 0. The van der Waals surface area contributed by atoms with E-state index in [0.717, 1.165) is 18.4 Å². The summed E-state index contributed by atoms with van der Waals surface area (Å²) in [5, 5.41) is 0. The molecule has 100 valence electrons. The predicted molar refractivity (Wildman–Crippen MR) is 74.8 cm³/mol. The molecule has 18 heavy (non-hydrogen) atoms. The molecular weight excluding hydrogens is 222 g/mol. The topological polar surface area (TPSA) is 20.3 Å². The van der Waals surface area contributed by atoms with Gasteiger partial charge in [-0.1, -0.05) is 25.2 Å². The monoisotopic (exact) mass is 247 g/mol. The Morgan fingerprint density at radius 3 is 2.83 bits per heavy atom. The van der Waals surface area contributed by atoms with Crippen LogP contribution in [0.3, 0.4) is 0 Å². The highest BCUT2D eigenvalue weighted by atomic mass is 16.2. The molecule has 0 radical (unpaired) electrons. The summed E-state index contributed by atoms with van der Waals surface area (Å²) < 4.78 is 0. The minimum Gasteiger partial charge on any atom is -0.320 e. The molecule has 0 saturated heterocycles. The zero-order chi connectivity index (χ0) is 13.3. The van der Waals surface area contributed by atoms with Crippen LogP contribution >= 0.6 is 0 Å². The molecule has 0 aromatic rings. The van der Waals surface area contributed by atoms with Gasteiger partial charge in [0.05, 0.1) is 0 Å². The van der Waals surface area contributed by atoms with Crippen molar-refractivity contribution in [1.29, 1.82) is 0 Å². The van der Waals surface area contributed by atoms with Crippen molar-refractivity contribution in [2.75, 3.05) is 6.54 Å². The average Bonchev–Trinajstić information content (AvgIpc) is 3.04. The van der Waals surface area contributed by atoms with E-state index < -0.39 is 0 Å². The summed E-state index contributed by atoms with van der Waals surface area (Å²) in [5.41, 5.74) is 1.55. The van der Waals surface area contributed by atoms with E-state index in [9.17, 15) is 4.79 Å². The fraction of sp³-hybridized carbons (Fsp3) is 0.688. The van der Waals surface area contributed by atoms with E-state index in [-0.39, 0.29) is 5.91 Å². The molecule has 0 aliphatic heterocycles. The van der Waals surface area contributed by atoms with Gasteiger partial charge in [-0.2, -0.15) is 0 Å². The summed E-state index contributed by atoms with van der Waals surface area (Å²) >= 11 is 0. The fourth-order valence-corrected chi connectivity index (χ4v) is 3.51. The molecule has 0 aromatic carbocycles. The van der Waals surface area contributed by atoms with Crippen molar-refractivity contribution in [3.63, 3.8) is 0 Å². The number of carbonyl (C=O) groups is 1. The van der Waals surface area contributed by atoms with Crippen LogP contribution < -0.4 is 0 Å². The van der Waals surface area contributed by atoms with Gasteiger partial charge in [0.25, 0.3) is 0 Å². The molecule has 2 rings (SSSR count). The minimum atomic E-state index is 0.114. The van der Waals surface area contributed by atoms with Crippen molar-refractivity contribution in [3.8, 4) is 0 Å². The zero-order valence-corrected chi connectivity index (χ0v) is 11.9. The van der Waals surface area contributed by atoms with Crippen LogP contribution in [0.15, 0.2) is 24.4 Å². The quantitative estimate of drug-likeness (QED) is 0.695. The van der Waals surface area contributed by atoms with Crippen molar-refractivity contribution >= 4 is 5.91 Å². The molecular formula is C16H25NO. The maximum Gasteiger partial charge on any atom is 0.223 e. The van der Waals surface area contributed by atoms with Gasteiger partial charge < -0.3 is 4.90 Å². The van der Waals surface area contributed by atoms with E-state index in [0.29, 0.717) is 11.8 Å². The lowest BCUT2D eigenvalue weighted by molar-refractivity contribution is -0.126. The zero-order valence-electron chi connectivity index (χ0n) is 11.9. The SMILES string of the molecule is C=CN(C[C@H]1CC1C1CCC(C)=CC1C)C(C)=O. The molecule has 0 spiro atoms. The number of hydrogen-bond acceptors (Lipinski definition) is 1. The van der Waals surface area contributed by atoms with Gasteiger partial charge in [0.15, 0.2) is 0 Å². The minimum absolute atomic E-state index is 0.114. The van der Waals surface area contributed by atoms with E-state index in [1.165, 1.54) is 19.3 Å². The van der Waals surface area contributed by atoms with Crippen molar-refractivity contribution in [2.24, 2.45) is 23.7 Å². The second-order valence-corrected chi connectivity index (χ2v) is 6.09. The third-order valence-electron chi connectivity index (χ3n) is 4.68. The molecule has 0 bridgehead atoms. The van der Waals surface area contributed by atoms with Crippen LogP contribution in [0.1, 0.15) is 40.0 Å². The normalized spacial score (nSPS) is 34.7. The first kappa shape index (κ1) is 13.4. The maximum atomic E-state index is 11.4. The molecule has 1 fully saturated rings. The van der Waals surface area contributed by atoms with E-state index in [4.69, 9.17) is 0 Å². The van der Waals surface area contributed by atoms with Gasteiger partial charge in [-0.05, 0) is 56.1 Å². The standard InChI is InChI=1S/C16H25NO/c1-5-17(13(4)18)10-14-9-16(14)15-7-6-11(2)8-12(15)3/h5,8,12,14-16H,1,6-7,9-10H2,2-4H3/t12?,14-,15?,16?/m1/s1. The Bertz CT molecular complexity index is 371. The number of rotatable bonds is 4. The lowest BCUT2D eigenvalue weighted by Gasteiger charge is -2.28. The number of allylic oxidation sites excluding steroid dienone is 2. The lowest BCUT2D eigenvalue weighted by Crippen LogP contribution is -2.26. The second-order valence-electron chi connectivity index (χ2n) is 6.09. The molecule has 1 amide bonds. The average molecular weight is 247 g/mol. The van der Waals surface area contributed by atoms with Crippen molar-refractivity contribution < 1.29 is 4.79 Å². The van der Waals surface area contributed by atoms with E-state index in [1.807, 2.05) is 0 Å². The first-order valence-electron chi connectivity index (χ1n) is 7.10. The van der Waals surface area contributed by atoms with Crippen molar-refractivity contribution in [1.82, 2.24) is 4.90 Å². The third kappa shape index (κ3) is 2.85. The van der Waals surface area contributed by atoms with E-state index in [1.54, 1.807) is 23.6 Å². The van der Waals surface area contributed by atoms with Gasteiger partial charge in [0.1, 0.15) is 0 Å². The summed E-state index contributed by atoms with van der Waals surface area (Å²) in [4.78, 5) is 13.1. The molecule has 2 heteroatoms. The summed E-state index contributed by atoms with van der Waals surface area (Å²) in [5.74, 6) is 3.18. The Morgan fingerprint density at radius 1 is 1.56 bits per heavy atom. The molecule has 2 aliphatic rings. The summed E-state index contributed by atoms with van der Waals surface area (Å²) in [6.07, 6.45) is 8.00. The molecule has 4 atom stereocenters. The summed E-state index contributed by atoms with van der Waals surface area (Å²) in [6, 6.07) is 0. The van der Waals surface area contributed by atoms with Crippen LogP contribution in [0.2, 0.25) is 0 Å². The summed E-state index contributed by atoms with van der Waals surface area (Å²) in [6.45, 7) is 10.8. The van der Waals surface area contributed by atoms with E-state index in [2.05, 4.69) is 26.5 Å². The largest absolute Gasteiger partial charge is 0.320 e. The fourth-order valence-electron chi connectivity index (χ4n) is 3.51. The number of hydrogen-bond donors (Lipinski definition) is 0. The Balaban J connectivity index is 1.88. The first-order chi connectivity index (χ1) is 8.52. The van der Waals surface area contributed by atoms with Gasteiger partial charge >= 0.3 is 0 Å². The lowest BCUT2D eigenvalue weighted by atomic mass is 9.78. The van der Waals surface area contributed by atoms with Crippen LogP contribution in [0.5, 0.6) is 0 Å². The van der Waals surface area contributed by atoms with Crippen LogP contribution in [0, 0.1) is 23.7 Å². The van der Waals surface area contributed by atoms with E-state index >= 15 is 0 Å². The number of nitrogens with zero attached hydrogens (tertiary/aromatic N) is 1.